The number of aryl methyl sites for hydroxylation is 1. The van der Waals surface area contributed by atoms with Gasteiger partial charge >= 0.3 is 5.97 Å². The van der Waals surface area contributed by atoms with Crippen LogP contribution in [0.15, 0.2) is 48.8 Å². The maximum atomic E-state index is 10.8. The first-order valence-corrected chi connectivity index (χ1v) is 5.92. The Morgan fingerprint density at radius 1 is 1.11 bits per heavy atom. The molecule has 2 aromatic heterocycles. The number of aromatic nitrogens is 2. The van der Waals surface area contributed by atoms with Crippen molar-refractivity contribution in [3.63, 3.8) is 0 Å². The van der Waals surface area contributed by atoms with Gasteiger partial charge in [0.2, 0.25) is 0 Å². The van der Waals surface area contributed by atoms with Crippen LogP contribution in [0.2, 0.25) is 0 Å². The van der Waals surface area contributed by atoms with Crippen molar-refractivity contribution in [2.45, 2.75) is 6.92 Å². The zero-order valence-corrected chi connectivity index (χ0v) is 10.4. The van der Waals surface area contributed by atoms with E-state index in [1.807, 2.05) is 48.0 Å². The highest BCUT2D eigenvalue weighted by molar-refractivity contribution is 5.88. The van der Waals surface area contributed by atoms with Gasteiger partial charge in [0.1, 0.15) is 5.65 Å². The number of aromatic carboxylic acids is 1. The number of benzene rings is 1. The van der Waals surface area contributed by atoms with Crippen LogP contribution in [0.3, 0.4) is 0 Å². The molecule has 0 aliphatic carbocycles. The summed E-state index contributed by atoms with van der Waals surface area (Å²) in [7, 11) is 0. The SMILES string of the molecule is Cc1cnc2ccc(-c3ccc(C(=O)O)cc3)cn12. The Labute approximate surface area is 110 Å². The summed E-state index contributed by atoms with van der Waals surface area (Å²) < 4.78 is 2.01. The van der Waals surface area contributed by atoms with Gasteiger partial charge in [-0.15, -0.1) is 0 Å². The zero-order chi connectivity index (χ0) is 13.4. The maximum Gasteiger partial charge on any atom is 0.335 e. The Kier molecular flexibility index (Phi) is 2.56. The van der Waals surface area contributed by atoms with Crippen molar-refractivity contribution >= 4 is 11.6 Å². The van der Waals surface area contributed by atoms with Crippen LogP contribution in [0, 0.1) is 6.92 Å². The number of carboxylic acids is 1. The van der Waals surface area contributed by atoms with Crippen molar-refractivity contribution in [1.29, 1.82) is 0 Å². The summed E-state index contributed by atoms with van der Waals surface area (Å²) in [4.78, 5) is 15.1. The number of hydrogen-bond donors (Lipinski definition) is 1. The zero-order valence-electron chi connectivity index (χ0n) is 10.4. The topological polar surface area (TPSA) is 54.6 Å². The highest BCUT2D eigenvalue weighted by Crippen LogP contribution is 2.21. The first kappa shape index (κ1) is 11.5. The average molecular weight is 252 g/mol. The predicted molar refractivity (Wildman–Crippen MR) is 72.3 cm³/mol. The van der Waals surface area contributed by atoms with Gasteiger partial charge in [-0.1, -0.05) is 12.1 Å². The Morgan fingerprint density at radius 2 is 1.79 bits per heavy atom. The van der Waals surface area contributed by atoms with E-state index in [0.29, 0.717) is 5.56 Å². The molecule has 4 nitrogen and oxygen atoms in total. The van der Waals surface area contributed by atoms with Crippen LogP contribution in [-0.2, 0) is 0 Å². The minimum atomic E-state index is -0.910. The van der Waals surface area contributed by atoms with Crippen LogP contribution in [0.4, 0.5) is 0 Å². The van der Waals surface area contributed by atoms with Gasteiger partial charge < -0.3 is 9.51 Å². The summed E-state index contributed by atoms with van der Waals surface area (Å²) in [5.74, 6) is -0.910. The number of carboxylic acid groups (broad SMARTS) is 1. The molecule has 0 fully saturated rings. The van der Waals surface area contributed by atoms with Crippen molar-refractivity contribution in [2.75, 3.05) is 0 Å². The summed E-state index contributed by atoms with van der Waals surface area (Å²) in [5.41, 5.74) is 4.29. The quantitative estimate of drug-likeness (QED) is 0.762. The molecule has 2 heterocycles. The molecule has 3 rings (SSSR count). The van der Waals surface area contributed by atoms with Crippen LogP contribution in [0.1, 0.15) is 16.1 Å². The fraction of sp³-hybridized carbons (Fsp3) is 0.0667. The molecule has 4 heteroatoms. The third-order valence-electron chi connectivity index (χ3n) is 3.16. The predicted octanol–water partition coefficient (Wildman–Crippen LogP) is 3.01. The maximum absolute atomic E-state index is 10.8. The van der Waals surface area contributed by atoms with Gasteiger partial charge in [-0.3, -0.25) is 0 Å². The molecule has 1 N–H and O–H groups in total. The number of carbonyl (C=O) groups is 1. The molecule has 0 aliphatic heterocycles. The van der Waals surface area contributed by atoms with Gasteiger partial charge in [0.15, 0.2) is 0 Å². The molecule has 0 atom stereocenters. The van der Waals surface area contributed by atoms with E-state index in [4.69, 9.17) is 5.11 Å². The number of rotatable bonds is 2. The first-order chi connectivity index (χ1) is 9.15. The van der Waals surface area contributed by atoms with Crippen molar-refractivity contribution < 1.29 is 9.90 Å². The van der Waals surface area contributed by atoms with E-state index >= 15 is 0 Å². The Bertz CT molecular complexity index is 757. The van der Waals surface area contributed by atoms with Gasteiger partial charge in [-0.05, 0) is 42.3 Å². The third-order valence-corrected chi connectivity index (χ3v) is 3.16. The molecule has 0 bridgehead atoms. The van der Waals surface area contributed by atoms with Gasteiger partial charge in [-0.2, -0.15) is 0 Å². The highest BCUT2D eigenvalue weighted by atomic mass is 16.4. The molecule has 94 valence electrons. The molecule has 0 amide bonds. The number of pyridine rings is 1. The lowest BCUT2D eigenvalue weighted by molar-refractivity contribution is 0.0697. The molecule has 0 spiro atoms. The van der Waals surface area contributed by atoms with Gasteiger partial charge in [-0.25, -0.2) is 9.78 Å². The molecule has 3 aromatic rings. The van der Waals surface area contributed by atoms with Crippen LogP contribution in [0.25, 0.3) is 16.8 Å². The van der Waals surface area contributed by atoms with Gasteiger partial charge in [0.05, 0.1) is 5.56 Å². The largest absolute Gasteiger partial charge is 0.478 e. The molecular formula is C15H12N2O2. The van der Waals surface area contributed by atoms with E-state index in [1.54, 1.807) is 12.1 Å². The van der Waals surface area contributed by atoms with E-state index in [9.17, 15) is 4.79 Å². The van der Waals surface area contributed by atoms with Crippen LogP contribution >= 0.6 is 0 Å². The second-order valence-electron chi connectivity index (χ2n) is 4.43. The lowest BCUT2D eigenvalue weighted by atomic mass is 10.1. The second-order valence-corrected chi connectivity index (χ2v) is 4.43. The van der Waals surface area contributed by atoms with Crippen molar-refractivity contribution in [1.82, 2.24) is 9.38 Å². The Hall–Kier alpha value is -2.62. The summed E-state index contributed by atoms with van der Waals surface area (Å²) in [5, 5.41) is 8.88. The molecule has 0 unspecified atom stereocenters. The first-order valence-electron chi connectivity index (χ1n) is 5.92. The summed E-state index contributed by atoms with van der Waals surface area (Å²) in [6, 6.07) is 10.8. The van der Waals surface area contributed by atoms with E-state index in [2.05, 4.69) is 4.98 Å². The Morgan fingerprint density at radius 3 is 2.47 bits per heavy atom. The van der Waals surface area contributed by atoms with Gasteiger partial charge in [0.25, 0.3) is 0 Å². The normalized spacial score (nSPS) is 10.8. The smallest absolute Gasteiger partial charge is 0.335 e. The van der Waals surface area contributed by atoms with E-state index in [-0.39, 0.29) is 0 Å². The van der Waals surface area contributed by atoms with Gasteiger partial charge in [0, 0.05) is 18.1 Å². The summed E-state index contributed by atoms with van der Waals surface area (Å²) in [6.07, 6.45) is 3.83. The minimum Gasteiger partial charge on any atom is -0.478 e. The fourth-order valence-corrected chi connectivity index (χ4v) is 2.08. The highest BCUT2D eigenvalue weighted by Gasteiger charge is 2.05. The third kappa shape index (κ3) is 1.97. The van der Waals surface area contributed by atoms with Crippen LogP contribution in [0.5, 0.6) is 0 Å². The van der Waals surface area contributed by atoms with Crippen molar-refractivity contribution in [2.24, 2.45) is 0 Å². The molecule has 0 aliphatic rings. The average Bonchev–Trinajstić information content (AvgIpc) is 2.80. The van der Waals surface area contributed by atoms with Crippen LogP contribution in [-0.4, -0.2) is 20.5 Å². The standard InChI is InChI=1S/C15H12N2O2/c1-10-8-16-14-7-6-13(9-17(10)14)11-2-4-12(5-3-11)15(18)19/h2-9H,1H3,(H,18,19). The van der Waals surface area contributed by atoms with Crippen molar-refractivity contribution in [3.05, 3.63) is 60.0 Å². The lowest BCUT2D eigenvalue weighted by Crippen LogP contribution is -1.95. The lowest BCUT2D eigenvalue weighted by Gasteiger charge is -2.04. The monoisotopic (exact) mass is 252 g/mol. The molecule has 0 saturated heterocycles. The summed E-state index contributed by atoms with van der Waals surface area (Å²) in [6.45, 7) is 2.00. The number of imidazole rings is 1. The summed E-state index contributed by atoms with van der Waals surface area (Å²) >= 11 is 0. The van der Waals surface area contributed by atoms with E-state index in [0.717, 1.165) is 22.5 Å². The minimum absolute atomic E-state index is 0.295. The number of hydrogen-bond acceptors (Lipinski definition) is 2. The fourth-order valence-electron chi connectivity index (χ4n) is 2.08. The molecule has 19 heavy (non-hydrogen) atoms. The number of nitrogens with zero attached hydrogens (tertiary/aromatic N) is 2. The number of fused-ring (bicyclic) bond motifs is 1. The second kappa shape index (κ2) is 4.24. The van der Waals surface area contributed by atoms with E-state index < -0.39 is 5.97 Å². The van der Waals surface area contributed by atoms with E-state index in [1.165, 1.54) is 0 Å². The molecule has 0 saturated carbocycles. The molecule has 0 radical (unpaired) electrons. The molecular weight excluding hydrogens is 240 g/mol. The van der Waals surface area contributed by atoms with Crippen LogP contribution < -0.4 is 0 Å². The van der Waals surface area contributed by atoms with Crippen molar-refractivity contribution in [3.8, 4) is 11.1 Å². The Balaban J connectivity index is 2.08. The molecule has 1 aromatic carbocycles.